The fourth-order valence-corrected chi connectivity index (χ4v) is 2.79. The molecule has 5 heteroatoms. The first kappa shape index (κ1) is 16.7. The van der Waals surface area contributed by atoms with Crippen molar-refractivity contribution in [3.63, 3.8) is 0 Å². The van der Waals surface area contributed by atoms with E-state index < -0.39 is 5.97 Å². The van der Waals surface area contributed by atoms with E-state index in [0.717, 1.165) is 0 Å². The maximum Gasteiger partial charge on any atom is 0.339 e. The molecule has 132 valence electrons. The highest BCUT2D eigenvalue weighted by Crippen LogP contribution is 2.18. The topological polar surface area (TPSA) is 69.4 Å². The van der Waals surface area contributed by atoms with Crippen LogP contribution in [-0.2, 0) is 11.3 Å². The van der Waals surface area contributed by atoms with Crippen LogP contribution in [0.25, 0.3) is 11.1 Å². The van der Waals surface area contributed by atoms with Crippen LogP contribution in [0.15, 0.2) is 83.3 Å². The number of carbonyl (C=O) groups is 2. The molecule has 0 aliphatic rings. The lowest BCUT2D eigenvalue weighted by Gasteiger charge is -2.08. The molecule has 3 aromatic carbocycles. The molecule has 27 heavy (non-hydrogen) atoms. The molecule has 4 aromatic rings. The van der Waals surface area contributed by atoms with E-state index >= 15 is 0 Å². The van der Waals surface area contributed by atoms with Crippen molar-refractivity contribution in [3.05, 3.63) is 101 Å². The van der Waals surface area contributed by atoms with E-state index in [0.29, 0.717) is 28.1 Å². The summed E-state index contributed by atoms with van der Waals surface area (Å²) in [6.45, 7) is -0.110. The molecule has 1 aromatic heterocycles. The number of benzene rings is 3. The molecule has 0 atom stereocenters. The number of esters is 1. The second kappa shape index (κ2) is 7.25. The van der Waals surface area contributed by atoms with Gasteiger partial charge in [0.2, 0.25) is 5.89 Å². The molecule has 5 nitrogen and oxygen atoms in total. The summed E-state index contributed by atoms with van der Waals surface area (Å²) in [5, 5.41) is 0. The lowest BCUT2D eigenvalue weighted by atomic mass is 9.98. The Balaban J connectivity index is 1.54. The Morgan fingerprint density at radius 2 is 1.48 bits per heavy atom. The van der Waals surface area contributed by atoms with Crippen molar-refractivity contribution in [3.8, 4) is 0 Å². The van der Waals surface area contributed by atoms with Crippen LogP contribution in [0.4, 0.5) is 0 Å². The minimum Gasteiger partial charge on any atom is -0.452 e. The smallest absolute Gasteiger partial charge is 0.339 e. The molecule has 0 aliphatic heterocycles. The predicted molar refractivity (Wildman–Crippen MR) is 99.4 cm³/mol. The second-order valence-corrected chi connectivity index (χ2v) is 5.89. The summed E-state index contributed by atoms with van der Waals surface area (Å²) in [6.07, 6.45) is 0. The summed E-state index contributed by atoms with van der Waals surface area (Å²) < 4.78 is 10.9. The minimum atomic E-state index is -0.600. The zero-order chi connectivity index (χ0) is 18.6. The van der Waals surface area contributed by atoms with Crippen LogP contribution in [0.2, 0.25) is 0 Å². The lowest BCUT2D eigenvalue weighted by molar-refractivity contribution is 0.0438. The van der Waals surface area contributed by atoms with Crippen LogP contribution < -0.4 is 0 Å². The van der Waals surface area contributed by atoms with Crippen molar-refractivity contribution in [2.75, 3.05) is 0 Å². The first-order valence-electron chi connectivity index (χ1n) is 8.43. The van der Waals surface area contributed by atoms with Gasteiger partial charge in [-0.05, 0) is 18.2 Å². The molecule has 0 saturated heterocycles. The number of ketones is 1. The molecule has 0 N–H and O–H groups in total. The summed E-state index contributed by atoms with van der Waals surface area (Å²) in [4.78, 5) is 29.5. The first-order chi connectivity index (χ1) is 13.2. The maximum absolute atomic E-state index is 12.7. The highest BCUT2D eigenvalue weighted by Gasteiger charge is 2.19. The van der Waals surface area contributed by atoms with Gasteiger partial charge in [-0.25, -0.2) is 9.78 Å². The van der Waals surface area contributed by atoms with Gasteiger partial charge in [0, 0.05) is 11.1 Å². The summed E-state index contributed by atoms with van der Waals surface area (Å²) in [6, 6.07) is 22.7. The zero-order valence-electron chi connectivity index (χ0n) is 14.3. The largest absolute Gasteiger partial charge is 0.452 e. The summed E-state index contributed by atoms with van der Waals surface area (Å²) in [5.74, 6) is -0.529. The molecule has 0 saturated carbocycles. The highest BCUT2D eigenvalue weighted by atomic mass is 16.5. The Kier molecular flexibility index (Phi) is 4.49. The standard InChI is InChI=1S/C22H15NO4/c24-21(15-8-2-1-3-9-15)16-10-4-5-11-17(16)22(25)26-14-20-23-18-12-6-7-13-19(18)27-20/h1-13H,14H2. The van der Waals surface area contributed by atoms with Crippen molar-refractivity contribution >= 4 is 22.9 Å². The number of oxazole rings is 1. The molecule has 1 heterocycles. The minimum absolute atomic E-state index is 0.110. The number of hydrogen-bond acceptors (Lipinski definition) is 5. The van der Waals surface area contributed by atoms with Crippen LogP contribution in [0.5, 0.6) is 0 Å². The number of hydrogen-bond donors (Lipinski definition) is 0. The lowest BCUT2D eigenvalue weighted by Crippen LogP contribution is -2.12. The molecule has 4 rings (SSSR count). The Labute approximate surface area is 155 Å². The third-order valence-corrected chi connectivity index (χ3v) is 4.09. The molecule has 0 bridgehead atoms. The normalized spacial score (nSPS) is 10.7. The summed E-state index contributed by atoms with van der Waals surface area (Å²) in [7, 11) is 0. The number of nitrogens with zero attached hydrogens (tertiary/aromatic N) is 1. The molecular weight excluding hydrogens is 342 g/mol. The molecule has 0 aliphatic carbocycles. The van der Waals surface area contributed by atoms with E-state index in [2.05, 4.69) is 4.98 Å². The number of carbonyl (C=O) groups excluding carboxylic acids is 2. The quantitative estimate of drug-likeness (QED) is 0.391. The van der Waals surface area contributed by atoms with E-state index in [-0.39, 0.29) is 18.0 Å². The van der Waals surface area contributed by atoms with Gasteiger partial charge in [0.15, 0.2) is 18.0 Å². The van der Waals surface area contributed by atoms with Gasteiger partial charge in [0.05, 0.1) is 5.56 Å². The van der Waals surface area contributed by atoms with E-state index in [1.54, 1.807) is 54.6 Å². The molecular formula is C22H15NO4. The van der Waals surface area contributed by atoms with Gasteiger partial charge in [-0.3, -0.25) is 4.79 Å². The summed E-state index contributed by atoms with van der Waals surface area (Å²) >= 11 is 0. The van der Waals surface area contributed by atoms with E-state index in [9.17, 15) is 9.59 Å². The van der Waals surface area contributed by atoms with Gasteiger partial charge in [-0.1, -0.05) is 60.7 Å². The maximum atomic E-state index is 12.7. The van der Waals surface area contributed by atoms with Gasteiger partial charge < -0.3 is 9.15 Å². The Morgan fingerprint density at radius 1 is 0.815 bits per heavy atom. The van der Waals surface area contributed by atoms with Crippen LogP contribution in [-0.4, -0.2) is 16.7 Å². The third-order valence-electron chi connectivity index (χ3n) is 4.09. The van der Waals surface area contributed by atoms with E-state index in [1.165, 1.54) is 0 Å². The van der Waals surface area contributed by atoms with Crippen LogP contribution in [0, 0.1) is 0 Å². The van der Waals surface area contributed by atoms with Crippen LogP contribution >= 0.6 is 0 Å². The highest BCUT2D eigenvalue weighted by molar-refractivity contribution is 6.14. The fourth-order valence-electron chi connectivity index (χ4n) is 2.79. The SMILES string of the molecule is O=C(OCc1nc2ccccc2o1)c1ccccc1C(=O)c1ccccc1. The van der Waals surface area contributed by atoms with Gasteiger partial charge in [0.25, 0.3) is 0 Å². The van der Waals surface area contributed by atoms with Crippen LogP contribution in [0.3, 0.4) is 0 Å². The molecule has 0 radical (unpaired) electrons. The molecule has 0 fully saturated rings. The fraction of sp³-hybridized carbons (Fsp3) is 0.0455. The number of rotatable bonds is 5. The van der Waals surface area contributed by atoms with E-state index in [1.807, 2.05) is 24.3 Å². The van der Waals surface area contributed by atoms with E-state index in [4.69, 9.17) is 9.15 Å². The Hall–Kier alpha value is -3.73. The number of para-hydroxylation sites is 2. The van der Waals surface area contributed by atoms with Gasteiger partial charge >= 0.3 is 5.97 Å². The van der Waals surface area contributed by atoms with Crippen LogP contribution in [0.1, 0.15) is 32.2 Å². The van der Waals surface area contributed by atoms with Crippen molar-refractivity contribution in [2.45, 2.75) is 6.61 Å². The first-order valence-corrected chi connectivity index (χ1v) is 8.43. The van der Waals surface area contributed by atoms with Crippen molar-refractivity contribution < 1.29 is 18.7 Å². The number of fused-ring (bicyclic) bond motifs is 1. The summed E-state index contributed by atoms with van der Waals surface area (Å²) in [5.41, 5.74) is 2.34. The average molecular weight is 357 g/mol. The van der Waals surface area contributed by atoms with Gasteiger partial charge in [0.1, 0.15) is 5.52 Å². The third kappa shape index (κ3) is 3.48. The van der Waals surface area contributed by atoms with Crippen molar-refractivity contribution in [1.29, 1.82) is 0 Å². The van der Waals surface area contributed by atoms with Crippen molar-refractivity contribution in [2.24, 2.45) is 0 Å². The Bertz CT molecular complexity index is 1080. The Morgan fingerprint density at radius 3 is 2.26 bits per heavy atom. The average Bonchev–Trinajstić information content (AvgIpc) is 3.15. The number of aromatic nitrogens is 1. The molecule has 0 unspecified atom stereocenters. The predicted octanol–water partition coefficient (Wildman–Crippen LogP) is 4.42. The zero-order valence-corrected chi connectivity index (χ0v) is 14.3. The van der Waals surface area contributed by atoms with Gasteiger partial charge in [-0.15, -0.1) is 0 Å². The number of ether oxygens (including phenoxy) is 1. The van der Waals surface area contributed by atoms with Gasteiger partial charge in [-0.2, -0.15) is 0 Å². The molecule has 0 amide bonds. The molecule has 0 spiro atoms. The monoisotopic (exact) mass is 357 g/mol. The van der Waals surface area contributed by atoms with Crippen molar-refractivity contribution in [1.82, 2.24) is 4.98 Å². The second-order valence-electron chi connectivity index (χ2n) is 5.89.